The Morgan fingerprint density at radius 3 is 2.54 bits per heavy atom. The minimum atomic E-state index is -0.396. The highest BCUT2D eigenvalue weighted by Crippen LogP contribution is 2.24. The minimum Gasteiger partial charge on any atom is -0.368 e. The highest BCUT2D eigenvalue weighted by Gasteiger charge is 2.23. The van der Waals surface area contributed by atoms with Crippen molar-refractivity contribution in [3.63, 3.8) is 0 Å². The molecule has 1 aliphatic heterocycles. The third kappa shape index (κ3) is 4.59. The molecule has 0 aliphatic carbocycles. The fourth-order valence-corrected chi connectivity index (χ4v) is 4.67. The van der Waals surface area contributed by atoms with Crippen LogP contribution in [-0.4, -0.2) is 51.3 Å². The second-order valence-corrected chi connectivity index (χ2v) is 9.08. The summed E-state index contributed by atoms with van der Waals surface area (Å²) in [4.78, 5) is 34.6. The van der Waals surface area contributed by atoms with Crippen LogP contribution < -0.4 is 20.8 Å². The van der Waals surface area contributed by atoms with Gasteiger partial charge in [-0.15, -0.1) is 5.10 Å². The molecule has 0 atom stereocenters. The van der Waals surface area contributed by atoms with Gasteiger partial charge >= 0.3 is 5.69 Å². The number of hydrogen-bond donors (Lipinski definition) is 1. The summed E-state index contributed by atoms with van der Waals surface area (Å²) in [6.07, 6.45) is 3.17. The summed E-state index contributed by atoms with van der Waals surface area (Å²) < 4.78 is 2.59. The Labute approximate surface area is 207 Å². The Hall–Kier alpha value is -3.85. The molecular formula is C25H26ClN7O2. The number of nitrogens with one attached hydrogen (secondary N) is 1. The van der Waals surface area contributed by atoms with Crippen LogP contribution in [0.25, 0.3) is 5.65 Å². The fourth-order valence-electron chi connectivity index (χ4n) is 4.39. The molecular weight excluding hydrogens is 466 g/mol. The Balaban J connectivity index is 1.34. The third-order valence-corrected chi connectivity index (χ3v) is 6.52. The molecule has 180 valence electrons. The van der Waals surface area contributed by atoms with Crippen LogP contribution in [0.5, 0.6) is 0 Å². The van der Waals surface area contributed by atoms with Gasteiger partial charge in [0.1, 0.15) is 6.54 Å². The normalized spacial score (nSPS) is 13.9. The molecule has 1 fully saturated rings. The van der Waals surface area contributed by atoms with Crippen LogP contribution in [0.3, 0.4) is 0 Å². The number of para-hydroxylation sites is 1. The minimum absolute atomic E-state index is 0.231. The van der Waals surface area contributed by atoms with E-state index in [0.717, 1.165) is 36.4 Å². The number of halogens is 1. The summed E-state index contributed by atoms with van der Waals surface area (Å²) in [6.45, 7) is 6.96. The molecule has 0 spiro atoms. The quantitative estimate of drug-likeness (QED) is 0.461. The average molecular weight is 492 g/mol. The van der Waals surface area contributed by atoms with Gasteiger partial charge in [0.2, 0.25) is 11.6 Å². The van der Waals surface area contributed by atoms with E-state index in [9.17, 15) is 9.59 Å². The van der Waals surface area contributed by atoms with Crippen LogP contribution in [0.4, 0.5) is 17.2 Å². The lowest BCUT2D eigenvalue weighted by Crippen LogP contribution is -2.47. The molecule has 9 nitrogen and oxygen atoms in total. The first kappa shape index (κ1) is 22.9. The van der Waals surface area contributed by atoms with Gasteiger partial charge in [0, 0.05) is 44.3 Å². The molecule has 0 radical (unpaired) electrons. The zero-order chi connectivity index (χ0) is 24.5. The zero-order valence-corrected chi connectivity index (χ0v) is 20.4. The number of fused-ring (bicyclic) bond motifs is 1. The number of benzene rings is 2. The SMILES string of the molecule is Cc1ccc(NC(=O)Cn2nc3c(N4CCN(c5ccccc5C)CC4)nccn3c2=O)c(Cl)c1. The summed E-state index contributed by atoms with van der Waals surface area (Å²) >= 11 is 6.22. The lowest BCUT2D eigenvalue weighted by molar-refractivity contribution is -0.117. The number of carbonyl (C=O) groups excluding carboxylic acids is 1. The van der Waals surface area contributed by atoms with Crippen LogP contribution in [0.1, 0.15) is 11.1 Å². The maximum Gasteiger partial charge on any atom is 0.350 e. The van der Waals surface area contributed by atoms with Crippen LogP contribution in [0.2, 0.25) is 5.02 Å². The van der Waals surface area contributed by atoms with Gasteiger partial charge in [0.25, 0.3) is 0 Å². The van der Waals surface area contributed by atoms with Gasteiger partial charge in [-0.25, -0.2) is 18.9 Å². The second kappa shape index (κ2) is 9.42. The molecule has 0 bridgehead atoms. The number of carbonyl (C=O) groups is 1. The van der Waals surface area contributed by atoms with E-state index >= 15 is 0 Å². The number of piperazine rings is 1. The summed E-state index contributed by atoms with van der Waals surface area (Å²) in [6, 6.07) is 13.7. The van der Waals surface area contributed by atoms with Crippen LogP contribution in [0.15, 0.2) is 59.7 Å². The Morgan fingerprint density at radius 1 is 1.06 bits per heavy atom. The number of hydrogen-bond acceptors (Lipinski definition) is 6. The van der Waals surface area contributed by atoms with Crippen molar-refractivity contribution < 1.29 is 4.79 Å². The molecule has 1 N–H and O–H groups in total. The molecule has 3 heterocycles. The standard InChI is InChI=1S/C25H26ClN7O2/c1-17-7-8-20(19(26)15-17)28-22(34)16-33-25(35)32-10-9-27-23(24(32)29-33)31-13-11-30(12-14-31)21-6-4-3-5-18(21)2/h3-10,15H,11-14,16H2,1-2H3,(H,28,34). The molecule has 1 saturated heterocycles. The van der Waals surface area contributed by atoms with Crippen molar-refractivity contribution in [2.75, 3.05) is 41.3 Å². The van der Waals surface area contributed by atoms with Crippen molar-refractivity contribution in [2.24, 2.45) is 0 Å². The molecule has 35 heavy (non-hydrogen) atoms. The lowest BCUT2D eigenvalue weighted by Gasteiger charge is -2.37. The van der Waals surface area contributed by atoms with Gasteiger partial charge in [-0.05, 0) is 43.2 Å². The van der Waals surface area contributed by atoms with E-state index in [1.165, 1.54) is 15.7 Å². The molecule has 2 aromatic carbocycles. The van der Waals surface area contributed by atoms with Gasteiger partial charge in [0.05, 0.1) is 10.7 Å². The lowest BCUT2D eigenvalue weighted by atomic mass is 10.1. The number of amides is 1. The van der Waals surface area contributed by atoms with Gasteiger partial charge in [-0.3, -0.25) is 4.79 Å². The number of nitrogens with zero attached hydrogens (tertiary/aromatic N) is 6. The van der Waals surface area contributed by atoms with E-state index in [1.54, 1.807) is 24.5 Å². The van der Waals surface area contributed by atoms with Gasteiger partial charge in [-0.2, -0.15) is 0 Å². The van der Waals surface area contributed by atoms with Crippen LogP contribution >= 0.6 is 11.6 Å². The Bertz CT molecular complexity index is 1450. The highest BCUT2D eigenvalue weighted by atomic mass is 35.5. The van der Waals surface area contributed by atoms with Crippen molar-refractivity contribution in [3.05, 3.63) is 81.5 Å². The van der Waals surface area contributed by atoms with Crippen molar-refractivity contribution in [1.29, 1.82) is 0 Å². The molecule has 5 rings (SSSR count). The first-order chi connectivity index (χ1) is 16.9. The molecule has 1 amide bonds. The second-order valence-electron chi connectivity index (χ2n) is 8.68. The van der Waals surface area contributed by atoms with Crippen molar-refractivity contribution >= 4 is 40.3 Å². The summed E-state index contributed by atoms with van der Waals surface area (Å²) in [5.74, 6) is 0.248. The average Bonchev–Trinajstić information content (AvgIpc) is 3.16. The number of aromatic nitrogens is 4. The summed E-state index contributed by atoms with van der Waals surface area (Å²) in [5, 5.41) is 7.64. The predicted octanol–water partition coefficient (Wildman–Crippen LogP) is 3.13. The van der Waals surface area contributed by atoms with Crippen molar-refractivity contribution in [1.82, 2.24) is 19.2 Å². The van der Waals surface area contributed by atoms with Crippen molar-refractivity contribution in [3.8, 4) is 0 Å². The highest BCUT2D eigenvalue weighted by molar-refractivity contribution is 6.33. The van der Waals surface area contributed by atoms with E-state index in [1.807, 2.05) is 19.1 Å². The van der Waals surface area contributed by atoms with Gasteiger partial charge in [0.15, 0.2) is 5.82 Å². The third-order valence-electron chi connectivity index (χ3n) is 6.21. The summed E-state index contributed by atoms with van der Waals surface area (Å²) in [7, 11) is 0. The topological polar surface area (TPSA) is 87.8 Å². The molecule has 1 aliphatic rings. The van der Waals surface area contributed by atoms with E-state index in [4.69, 9.17) is 11.6 Å². The van der Waals surface area contributed by atoms with Crippen LogP contribution in [0, 0.1) is 13.8 Å². The first-order valence-electron chi connectivity index (χ1n) is 11.5. The molecule has 0 saturated carbocycles. The largest absolute Gasteiger partial charge is 0.368 e. The number of anilines is 3. The maximum absolute atomic E-state index is 12.9. The monoisotopic (exact) mass is 491 g/mol. The molecule has 0 unspecified atom stereocenters. The van der Waals surface area contributed by atoms with Crippen molar-refractivity contribution in [2.45, 2.75) is 20.4 Å². The van der Waals surface area contributed by atoms with E-state index in [-0.39, 0.29) is 12.5 Å². The molecule has 10 heteroatoms. The first-order valence-corrected chi connectivity index (χ1v) is 11.8. The van der Waals surface area contributed by atoms with Gasteiger partial charge < -0.3 is 15.1 Å². The fraction of sp³-hybridized carbons (Fsp3) is 0.280. The molecule has 4 aromatic rings. The van der Waals surface area contributed by atoms with Crippen LogP contribution in [-0.2, 0) is 11.3 Å². The van der Waals surface area contributed by atoms with E-state index < -0.39 is 5.69 Å². The molecule has 2 aromatic heterocycles. The smallest absolute Gasteiger partial charge is 0.350 e. The number of aryl methyl sites for hydroxylation is 2. The summed E-state index contributed by atoms with van der Waals surface area (Å²) in [5.41, 5.74) is 4.00. The van der Waals surface area contributed by atoms with E-state index in [0.29, 0.717) is 22.2 Å². The van der Waals surface area contributed by atoms with Gasteiger partial charge in [-0.1, -0.05) is 35.9 Å². The predicted molar refractivity (Wildman–Crippen MR) is 138 cm³/mol. The number of rotatable bonds is 5. The Morgan fingerprint density at radius 2 is 1.80 bits per heavy atom. The van der Waals surface area contributed by atoms with E-state index in [2.05, 4.69) is 50.3 Å². The zero-order valence-electron chi connectivity index (χ0n) is 19.6. The maximum atomic E-state index is 12.9. The Kier molecular flexibility index (Phi) is 6.17.